The molecule has 1 heterocycles. The average molecular weight is 253 g/mol. The summed E-state index contributed by atoms with van der Waals surface area (Å²) in [7, 11) is 0. The Morgan fingerprint density at radius 3 is 2.78 bits per heavy atom. The highest BCUT2D eigenvalue weighted by atomic mass is 16.5. The van der Waals surface area contributed by atoms with Crippen LogP contribution in [0.4, 0.5) is 0 Å². The van der Waals surface area contributed by atoms with Crippen molar-refractivity contribution in [2.45, 2.75) is 64.3 Å². The molecule has 104 valence electrons. The number of rotatable bonds is 4. The van der Waals surface area contributed by atoms with Gasteiger partial charge in [-0.1, -0.05) is 32.1 Å². The Balaban J connectivity index is 1.64. The Morgan fingerprint density at radius 2 is 2.06 bits per heavy atom. The molecule has 2 rings (SSSR count). The van der Waals surface area contributed by atoms with Gasteiger partial charge in [0.05, 0.1) is 19.3 Å². The molecule has 0 aromatic heterocycles. The Labute approximate surface area is 111 Å². The van der Waals surface area contributed by atoms with Crippen LogP contribution >= 0.6 is 0 Å². The molecule has 1 saturated heterocycles. The van der Waals surface area contributed by atoms with E-state index in [1.165, 1.54) is 38.5 Å². The summed E-state index contributed by atoms with van der Waals surface area (Å²) in [5, 5.41) is 0. The Bertz CT molecular complexity index is 261. The maximum atomic E-state index is 12.1. The molecule has 2 fully saturated rings. The summed E-state index contributed by atoms with van der Waals surface area (Å²) in [5.74, 6) is 1.23. The zero-order chi connectivity index (χ0) is 12.8. The second-order valence-electron chi connectivity index (χ2n) is 5.91. The maximum Gasteiger partial charge on any atom is 0.222 e. The summed E-state index contributed by atoms with van der Waals surface area (Å²) >= 11 is 0. The molecule has 0 bridgehead atoms. The molecule has 2 aliphatic rings. The molecule has 0 radical (unpaired) electrons. The van der Waals surface area contributed by atoms with Crippen LogP contribution in [0.5, 0.6) is 0 Å². The highest BCUT2D eigenvalue weighted by Gasteiger charge is 2.23. The van der Waals surface area contributed by atoms with Crippen molar-refractivity contribution in [1.29, 1.82) is 0 Å². The number of carbonyl (C=O) groups is 1. The van der Waals surface area contributed by atoms with Gasteiger partial charge in [0.25, 0.3) is 0 Å². The molecule has 0 N–H and O–H groups in total. The summed E-state index contributed by atoms with van der Waals surface area (Å²) in [4.78, 5) is 14.1. The zero-order valence-corrected chi connectivity index (χ0v) is 11.7. The average Bonchev–Trinajstić information content (AvgIpc) is 2.40. The highest BCUT2D eigenvalue weighted by Crippen LogP contribution is 2.27. The Hall–Kier alpha value is -0.570. The van der Waals surface area contributed by atoms with E-state index in [-0.39, 0.29) is 6.04 Å². The van der Waals surface area contributed by atoms with Crippen molar-refractivity contribution < 1.29 is 9.53 Å². The van der Waals surface area contributed by atoms with Gasteiger partial charge in [0.1, 0.15) is 0 Å². The van der Waals surface area contributed by atoms with Gasteiger partial charge in [0.15, 0.2) is 0 Å². The first-order valence-corrected chi connectivity index (χ1v) is 7.64. The smallest absolute Gasteiger partial charge is 0.222 e. The van der Waals surface area contributed by atoms with Crippen molar-refractivity contribution in [3.05, 3.63) is 0 Å². The van der Waals surface area contributed by atoms with E-state index in [1.54, 1.807) is 0 Å². The fourth-order valence-electron chi connectivity index (χ4n) is 3.26. The fraction of sp³-hybridized carbons (Fsp3) is 0.933. The highest BCUT2D eigenvalue weighted by molar-refractivity contribution is 5.76. The van der Waals surface area contributed by atoms with E-state index in [9.17, 15) is 4.79 Å². The first kappa shape index (κ1) is 13.9. The number of carbonyl (C=O) groups excluding carboxylic acids is 1. The third-order valence-corrected chi connectivity index (χ3v) is 4.42. The number of amides is 1. The number of ether oxygens (including phenoxy) is 1. The largest absolute Gasteiger partial charge is 0.377 e. The van der Waals surface area contributed by atoms with Crippen LogP contribution in [0.15, 0.2) is 0 Å². The first-order chi connectivity index (χ1) is 8.77. The lowest BCUT2D eigenvalue weighted by molar-refractivity contribution is -0.139. The first-order valence-electron chi connectivity index (χ1n) is 7.64. The monoisotopic (exact) mass is 253 g/mol. The van der Waals surface area contributed by atoms with Crippen LogP contribution < -0.4 is 0 Å². The second kappa shape index (κ2) is 7.13. The number of nitrogens with zero attached hydrogens (tertiary/aromatic N) is 1. The van der Waals surface area contributed by atoms with Crippen LogP contribution in [-0.2, 0) is 9.53 Å². The summed E-state index contributed by atoms with van der Waals surface area (Å²) in [6.45, 7) is 4.27. The fourth-order valence-corrected chi connectivity index (χ4v) is 3.26. The van der Waals surface area contributed by atoms with E-state index < -0.39 is 0 Å². The van der Waals surface area contributed by atoms with Crippen molar-refractivity contribution in [3.63, 3.8) is 0 Å². The lowest BCUT2D eigenvalue weighted by Crippen LogP contribution is -2.47. The third-order valence-electron chi connectivity index (χ3n) is 4.42. The molecule has 0 aromatic carbocycles. The van der Waals surface area contributed by atoms with Crippen LogP contribution in [0.3, 0.4) is 0 Å². The van der Waals surface area contributed by atoms with E-state index in [0.29, 0.717) is 19.1 Å². The van der Waals surface area contributed by atoms with Crippen LogP contribution in [0.1, 0.15) is 58.3 Å². The van der Waals surface area contributed by atoms with Crippen molar-refractivity contribution in [2.24, 2.45) is 5.92 Å². The molecule has 1 atom stereocenters. The molecular weight excluding hydrogens is 226 g/mol. The molecule has 1 saturated carbocycles. The lowest BCUT2D eigenvalue weighted by atomic mass is 9.86. The number of morpholine rings is 1. The minimum absolute atomic E-state index is 0.265. The molecule has 3 heteroatoms. The molecule has 0 aromatic rings. The van der Waals surface area contributed by atoms with Crippen LogP contribution in [0.2, 0.25) is 0 Å². The minimum atomic E-state index is 0.265. The van der Waals surface area contributed by atoms with Gasteiger partial charge < -0.3 is 9.64 Å². The van der Waals surface area contributed by atoms with Gasteiger partial charge >= 0.3 is 0 Å². The van der Waals surface area contributed by atoms with E-state index >= 15 is 0 Å². The summed E-state index contributed by atoms with van der Waals surface area (Å²) in [5.41, 5.74) is 0. The van der Waals surface area contributed by atoms with Crippen LogP contribution in [0, 0.1) is 5.92 Å². The van der Waals surface area contributed by atoms with Crippen LogP contribution in [-0.4, -0.2) is 36.6 Å². The van der Waals surface area contributed by atoms with Gasteiger partial charge in [-0.15, -0.1) is 0 Å². The number of hydrogen-bond donors (Lipinski definition) is 0. The minimum Gasteiger partial charge on any atom is -0.377 e. The van der Waals surface area contributed by atoms with Crippen molar-refractivity contribution in [3.8, 4) is 0 Å². The lowest BCUT2D eigenvalue weighted by Gasteiger charge is -2.33. The summed E-state index contributed by atoms with van der Waals surface area (Å²) < 4.78 is 5.37. The summed E-state index contributed by atoms with van der Waals surface area (Å²) in [6.07, 6.45) is 10.1. The molecule has 3 nitrogen and oxygen atoms in total. The van der Waals surface area contributed by atoms with Gasteiger partial charge in [0, 0.05) is 13.0 Å². The van der Waals surface area contributed by atoms with E-state index in [4.69, 9.17) is 4.74 Å². The van der Waals surface area contributed by atoms with Gasteiger partial charge in [-0.05, 0) is 25.7 Å². The van der Waals surface area contributed by atoms with Gasteiger partial charge in [-0.25, -0.2) is 0 Å². The van der Waals surface area contributed by atoms with Gasteiger partial charge in [-0.2, -0.15) is 0 Å². The number of hydrogen-bond acceptors (Lipinski definition) is 2. The topological polar surface area (TPSA) is 29.5 Å². The van der Waals surface area contributed by atoms with Crippen molar-refractivity contribution >= 4 is 5.91 Å². The predicted octanol–water partition coefficient (Wildman–Crippen LogP) is 2.98. The standard InChI is InChI=1S/C15H27NO2/c1-13-12-18-11-10-16(13)15(17)9-5-8-14-6-3-2-4-7-14/h13-14H,2-12H2,1H3/t13-/m1/s1. The van der Waals surface area contributed by atoms with E-state index in [1.807, 2.05) is 4.90 Å². The van der Waals surface area contributed by atoms with Gasteiger partial charge in [-0.3, -0.25) is 4.79 Å². The van der Waals surface area contributed by atoms with Gasteiger partial charge in [0.2, 0.25) is 5.91 Å². The molecule has 1 aliphatic carbocycles. The van der Waals surface area contributed by atoms with E-state index in [2.05, 4.69) is 6.92 Å². The quantitative estimate of drug-likeness (QED) is 0.771. The summed E-state index contributed by atoms with van der Waals surface area (Å²) in [6, 6.07) is 0.265. The Kier molecular flexibility index (Phi) is 5.48. The molecule has 1 aliphatic heterocycles. The zero-order valence-electron chi connectivity index (χ0n) is 11.7. The predicted molar refractivity (Wildman–Crippen MR) is 72.4 cm³/mol. The maximum absolute atomic E-state index is 12.1. The third kappa shape index (κ3) is 3.98. The van der Waals surface area contributed by atoms with Crippen molar-refractivity contribution in [2.75, 3.05) is 19.8 Å². The second-order valence-corrected chi connectivity index (χ2v) is 5.91. The molecule has 0 unspecified atom stereocenters. The van der Waals surface area contributed by atoms with Crippen LogP contribution in [0.25, 0.3) is 0 Å². The molecule has 18 heavy (non-hydrogen) atoms. The van der Waals surface area contributed by atoms with Crippen molar-refractivity contribution in [1.82, 2.24) is 4.90 Å². The molecule has 0 spiro atoms. The normalized spacial score (nSPS) is 26.3. The molecular formula is C15H27NO2. The van der Waals surface area contributed by atoms with E-state index in [0.717, 1.165) is 25.3 Å². The Morgan fingerprint density at radius 1 is 1.28 bits per heavy atom. The molecule has 1 amide bonds. The SMILES string of the molecule is C[C@@H]1COCCN1C(=O)CCCC1CCCCC1.